The number of rotatable bonds is 6. The van der Waals surface area contributed by atoms with Crippen LogP contribution in [0.1, 0.15) is 25.3 Å². The van der Waals surface area contributed by atoms with E-state index in [9.17, 15) is 4.79 Å². The van der Waals surface area contributed by atoms with Crippen LogP contribution in [0.2, 0.25) is 0 Å². The predicted molar refractivity (Wildman–Crippen MR) is 101 cm³/mol. The fraction of sp³-hybridized carbons (Fsp3) is 0.529. The van der Waals surface area contributed by atoms with Crippen molar-refractivity contribution in [3.63, 3.8) is 0 Å². The summed E-state index contributed by atoms with van der Waals surface area (Å²) in [6.45, 7) is 4.45. The quantitative estimate of drug-likeness (QED) is 0.543. The number of carbonyl (C=O) groups is 1. The lowest BCUT2D eigenvalue weighted by Gasteiger charge is -2.14. The Morgan fingerprint density at radius 3 is 2.75 bits per heavy atom. The summed E-state index contributed by atoms with van der Waals surface area (Å²) in [5, 5.41) is 10.0. The maximum atomic E-state index is 11.2. The van der Waals surface area contributed by atoms with Gasteiger partial charge in [0.25, 0.3) is 0 Å². The molecule has 1 saturated heterocycles. The van der Waals surface area contributed by atoms with E-state index in [0.29, 0.717) is 17.5 Å². The number of thioether (sulfide) groups is 1. The number of hydrogen-bond donors (Lipinski definition) is 3. The summed E-state index contributed by atoms with van der Waals surface area (Å²) in [5.74, 6) is 2.12. The number of benzene rings is 1. The Bertz CT molecular complexity index is 542. The molecule has 7 heteroatoms. The average Bonchev–Trinajstić information content (AvgIpc) is 3.12. The molecule has 6 nitrogen and oxygen atoms in total. The van der Waals surface area contributed by atoms with Gasteiger partial charge < -0.3 is 15.4 Å². The van der Waals surface area contributed by atoms with Gasteiger partial charge in [0.1, 0.15) is 0 Å². The molecule has 1 aromatic carbocycles. The number of ether oxygens (including phenoxy) is 1. The third-order valence-electron chi connectivity index (χ3n) is 3.67. The van der Waals surface area contributed by atoms with Gasteiger partial charge in [-0.15, -0.1) is 0 Å². The molecule has 1 heterocycles. The molecule has 2 rings (SSSR count). The Hall–Kier alpha value is -1.89. The highest BCUT2D eigenvalue weighted by molar-refractivity contribution is 8.00. The van der Waals surface area contributed by atoms with Crippen molar-refractivity contribution in [3.05, 3.63) is 29.8 Å². The molecule has 1 unspecified atom stereocenters. The Kier molecular flexibility index (Phi) is 7.74. The molecular formula is C17H26N4O2S. The minimum atomic E-state index is -0.468. The van der Waals surface area contributed by atoms with Crippen molar-refractivity contribution in [2.75, 3.05) is 31.3 Å². The lowest BCUT2D eigenvalue weighted by molar-refractivity contribution is 0.187. The molecule has 1 amide bonds. The van der Waals surface area contributed by atoms with E-state index >= 15 is 0 Å². The summed E-state index contributed by atoms with van der Waals surface area (Å²) in [6.07, 6.45) is 2.13. The van der Waals surface area contributed by atoms with Gasteiger partial charge in [0.2, 0.25) is 0 Å². The normalized spacial score (nSPS) is 17.4. The molecule has 3 N–H and O–H groups in total. The molecule has 0 aliphatic carbocycles. The SMILES string of the molecule is CCNC(=NCc1ccc(NC(=O)OC)cc1)NCC1CCCS1. The molecule has 0 bridgehead atoms. The lowest BCUT2D eigenvalue weighted by atomic mass is 10.2. The maximum Gasteiger partial charge on any atom is 0.411 e. The highest BCUT2D eigenvalue weighted by Gasteiger charge is 2.15. The number of anilines is 1. The van der Waals surface area contributed by atoms with Gasteiger partial charge in [0, 0.05) is 24.0 Å². The number of nitrogens with one attached hydrogen (secondary N) is 3. The van der Waals surface area contributed by atoms with Crippen molar-refractivity contribution in [2.24, 2.45) is 4.99 Å². The van der Waals surface area contributed by atoms with E-state index in [1.54, 1.807) is 0 Å². The first kappa shape index (κ1) is 18.4. The molecule has 0 radical (unpaired) electrons. The molecular weight excluding hydrogens is 324 g/mol. The van der Waals surface area contributed by atoms with E-state index in [0.717, 1.165) is 24.6 Å². The van der Waals surface area contributed by atoms with Gasteiger partial charge in [-0.05, 0) is 43.2 Å². The monoisotopic (exact) mass is 350 g/mol. The van der Waals surface area contributed by atoms with Crippen molar-refractivity contribution < 1.29 is 9.53 Å². The van der Waals surface area contributed by atoms with E-state index in [2.05, 4.69) is 32.6 Å². The Labute approximate surface area is 147 Å². The third kappa shape index (κ3) is 6.31. The van der Waals surface area contributed by atoms with E-state index in [1.807, 2.05) is 36.0 Å². The highest BCUT2D eigenvalue weighted by Crippen LogP contribution is 2.25. The van der Waals surface area contributed by atoms with E-state index in [-0.39, 0.29) is 0 Å². The summed E-state index contributed by atoms with van der Waals surface area (Å²) in [4.78, 5) is 15.8. The maximum absolute atomic E-state index is 11.2. The lowest BCUT2D eigenvalue weighted by Crippen LogP contribution is -2.40. The molecule has 1 aromatic rings. The summed E-state index contributed by atoms with van der Waals surface area (Å²) in [7, 11) is 1.34. The van der Waals surface area contributed by atoms with Crippen LogP contribution in [0, 0.1) is 0 Å². The minimum absolute atomic E-state index is 0.468. The molecule has 132 valence electrons. The summed E-state index contributed by atoms with van der Waals surface area (Å²) in [5.41, 5.74) is 1.79. The first-order chi connectivity index (χ1) is 11.7. The standard InChI is InChI=1S/C17H26N4O2S/c1-3-18-16(20-12-15-5-4-10-24-15)19-11-13-6-8-14(9-7-13)21-17(22)23-2/h6-9,15H,3-5,10-12H2,1-2H3,(H,21,22)(H2,18,19,20). The van der Waals surface area contributed by atoms with E-state index in [4.69, 9.17) is 0 Å². The first-order valence-corrected chi connectivity index (χ1v) is 9.34. The predicted octanol–water partition coefficient (Wildman–Crippen LogP) is 2.82. The van der Waals surface area contributed by atoms with Gasteiger partial charge in [-0.1, -0.05) is 12.1 Å². The van der Waals surface area contributed by atoms with Crippen molar-refractivity contribution >= 4 is 29.5 Å². The van der Waals surface area contributed by atoms with Crippen molar-refractivity contribution in [1.82, 2.24) is 10.6 Å². The zero-order valence-electron chi connectivity index (χ0n) is 14.3. The number of amides is 1. The number of aliphatic imine (C=N–C) groups is 1. The van der Waals surface area contributed by atoms with Crippen LogP contribution >= 0.6 is 11.8 Å². The zero-order chi connectivity index (χ0) is 17.2. The number of nitrogens with zero attached hydrogens (tertiary/aromatic N) is 1. The van der Waals surface area contributed by atoms with Crippen LogP contribution in [0.15, 0.2) is 29.3 Å². The van der Waals surface area contributed by atoms with Crippen LogP contribution < -0.4 is 16.0 Å². The fourth-order valence-electron chi connectivity index (χ4n) is 2.39. The number of methoxy groups -OCH3 is 1. The van der Waals surface area contributed by atoms with Crippen LogP contribution in [0.3, 0.4) is 0 Å². The van der Waals surface area contributed by atoms with Crippen molar-refractivity contribution in [2.45, 2.75) is 31.6 Å². The van der Waals surface area contributed by atoms with Crippen molar-refractivity contribution in [1.29, 1.82) is 0 Å². The van der Waals surface area contributed by atoms with Gasteiger partial charge in [0.15, 0.2) is 5.96 Å². The largest absolute Gasteiger partial charge is 0.453 e. The second-order valence-corrected chi connectivity index (χ2v) is 6.93. The molecule has 0 saturated carbocycles. The van der Waals surface area contributed by atoms with Gasteiger partial charge in [-0.2, -0.15) is 11.8 Å². The smallest absolute Gasteiger partial charge is 0.411 e. The molecule has 1 atom stereocenters. The third-order valence-corrected chi connectivity index (χ3v) is 5.07. The number of guanidine groups is 1. The molecule has 0 aromatic heterocycles. The second kappa shape index (κ2) is 10.1. The summed E-state index contributed by atoms with van der Waals surface area (Å²) >= 11 is 2.04. The van der Waals surface area contributed by atoms with Gasteiger partial charge in [-0.25, -0.2) is 9.79 Å². The minimum Gasteiger partial charge on any atom is -0.453 e. The number of hydrogen-bond acceptors (Lipinski definition) is 4. The summed E-state index contributed by atoms with van der Waals surface area (Å²) in [6, 6.07) is 7.59. The second-order valence-electron chi connectivity index (χ2n) is 5.52. The molecule has 24 heavy (non-hydrogen) atoms. The Balaban J connectivity index is 1.86. The first-order valence-electron chi connectivity index (χ1n) is 8.29. The average molecular weight is 350 g/mol. The van der Waals surface area contributed by atoms with Crippen LogP contribution in [0.25, 0.3) is 0 Å². The molecule has 1 aliphatic heterocycles. The zero-order valence-corrected chi connectivity index (χ0v) is 15.1. The molecule has 1 aliphatic rings. The van der Waals surface area contributed by atoms with Crippen LogP contribution in [0.4, 0.5) is 10.5 Å². The fourth-order valence-corrected chi connectivity index (χ4v) is 3.59. The van der Waals surface area contributed by atoms with E-state index < -0.39 is 6.09 Å². The van der Waals surface area contributed by atoms with Crippen LogP contribution in [0.5, 0.6) is 0 Å². The van der Waals surface area contributed by atoms with Gasteiger partial charge in [-0.3, -0.25) is 5.32 Å². The topological polar surface area (TPSA) is 74.8 Å². The van der Waals surface area contributed by atoms with E-state index in [1.165, 1.54) is 25.7 Å². The summed E-state index contributed by atoms with van der Waals surface area (Å²) < 4.78 is 4.57. The molecule has 0 spiro atoms. The highest BCUT2D eigenvalue weighted by atomic mass is 32.2. The van der Waals surface area contributed by atoms with Gasteiger partial charge >= 0.3 is 6.09 Å². The Morgan fingerprint density at radius 2 is 2.12 bits per heavy atom. The van der Waals surface area contributed by atoms with Crippen molar-refractivity contribution in [3.8, 4) is 0 Å². The number of carbonyl (C=O) groups excluding carboxylic acids is 1. The van der Waals surface area contributed by atoms with Gasteiger partial charge in [0.05, 0.1) is 13.7 Å². The van der Waals surface area contributed by atoms with Crippen LogP contribution in [-0.2, 0) is 11.3 Å². The van der Waals surface area contributed by atoms with Crippen LogP contribution in [-0.4, -0.2) is 43.3 Å². The molecule has 1 fully saturated rings. The Morgan fingerprint density at radius 1 is 1.33 bits per heavy atom.